The van der Waals surface area contributed by atoms with Gasteiger partial charge in [-0.1, -0.05) is 6.92 Å². The maximum atomic E-state index is 12.2. The van der Waals surface area contributed by atoms with Crippen molar-refractivity contribution in [2.75, 3.05) is 26.7 Å². The Morgan fingerprint density at radius 3 is 2.57 bits per heavy atom. The summed E-state index contributed by atoms with van der Waals surface area (Å²) in [7, 11) is -2.32. The van der Waals surface area contributed by atoms with E-state index in [1.165, 1.54) is 25.5 Å². The van der Waals surface area contributed by atoms with Crippen LogP contribution >= 0.6 is 24.8 Å². The molecule has 0 unspecified atom stereocenters. The van der Waals surface area contributed by atoms with Crippen LogP contribution in [0.4, 0.5) is 0 Å². The van der Waals surface area contributed by atoms with Gasteiger partial charge in [0.25, 0.3) is 0 Å². The van der Waals surface area contributed by atoms with Crippen molar-refractivity contribution in [1.82, 2.24) is 19.9 Å². The van der Waals surface area contributed by atoms with Crippen LogP contribution in [-0.4, -0.2) is 56.3 Å². The Balaban J connectivity index is 0. The number of hydrogen-bond acceptors (Lipinski definition) is 5. The quantitative estimate of drug-likeness (QED) is 0.684. The topological polar surface area (TPSA) is 91.4 Å². The summed E-state index contributed by atoms with van der Waals surface area (Å²) < 4.78 is 25.4. The molecule has 0 aliphatic carbocycles. The van der Waals surface area contributed by atoms with Crippen molar-refractivity contribution in [3.05, 3.63) is 24.5 Å². The highest BCUT2D eigenvalue weighted by Crippen LogP contribution is 2.11. The number of rotatable bonds is 8. The highest BCUT2D eigenvalue weighted by atomic mass is 35.5. The van der Waals surface area contributed by atoms with Gasteiger partial charge in [0.2, 0.25) is 15.9 Å². The van der Waals surface area contributed by atoms with Gasteiger partial charge in [0.15, 0.2) is 0 Å². The first kappa shape index (κ1) is 24.3. The van der Waals surface area contributed by atoms with Crippen LogP contribution in [0.3, 0.4) is 0 Å². The first-order valence-electron chi connectivity index (χ1n) is 6.74. The molecule has 0 spiro atoms. The van der Waals surface area contributed by atoms with Gasteiger partial charge >= 0.3 is 0 Å². The van der Waals surface area contributed by atoms with Crippen LogP contribution in [0.1, 0.15) is 13.8 Å². The number of hydrogen-bond donors (Lipinski definition) is 2. The number of likely N-dealkylation sites (N-methyl/N-ethyl adjacent to an activating group) is 2. The molecule has 1 heterocycles. The van der Waals surface area contributed by atoms with E-state index in [4.69, 9.17) is 0 Å². The Bertz CT molecular complexity index is 558. The number of amides is 1. The number of nitrogens with zero attached hydrogens (tertiary/aromatic N) is 2. The van der Waals surface area contributed by atoms with E-state index in [0.717, 1.165) is 10.8 Å². The number of aromatic nitrogens is 1. The lowest BCUT2D eigenvalue weighted by Crippen LogP contribution is -2.43. The van der Waals surface area contributed by atoms with E-state index >= 15 is 0 Å². The summed E-state index contributed by atoms with van der Waals surface area (Å²) in [5.41, 5.74) is 0. The third-order valence-electron chi connectivity index (χ3n) is 2.87. The highest BCUT2D eigenvalue weighted by molar-refractivity contribution is 7.89. The van der Waals surface area contributed by atoms with Gasteiger partial charge in [-0.15, -0.1) is 24.8 Å². The molecule has 0 aromatic carbocycles. The van der Waals surface area contributed by atoms with E-state index in [9.17, 15) is 13.2 Å². The molecular weight excluding hydrogens is 363 g/mol. The van der Waals surface area contributed by atoms with Crippen LogP contribution in [0.15, 0.2) is 29.4 Å². The lowest BCUT2D eigenvalue weighted by molar-refractivity contribution is -0.121. The second-order valence-electron chi connectivity index (χ2n) is 4.71. The molecule has 1 aromatic heterocycles. The Hall–Kier alpha value is -0.930. The summed E-state index contributed by atoms with van der Waals surface area (Å²) in [6.07, 6.45) is 2.75. The molecule has 7 nitrogen and oxygen atoms in total. The average Bonchev–Trinajstić information content (AvgIpc) is 2.46. The Labute approximate surface area is 150 Å². The van der Waals surface area contributed by atoms with E-state index in [-0.39, 0.29) is 48.2 Å². The summed E-state index contributed by atoms with van der Waals surface area (Å²) in [6, 6.07) is 3.13. The molecule has 0 saturated heterocycles. The second-order valence-corrected chi connectivity index (χ2v) is 6.76. The fourth-order valence-electron chi connectivity index (χ4n) is 1.71. The number of carbonyl (C=O) groups is 1. The first-order chi connectivity index (χ1) is 9.87. The second kappa shape index (κ2) is 11.6. The van der Waals surface area contributed by atoms with E-state index in [1.54, 1.807) is 6.07 Å². The summed E-state index contributed by atoms with van der Waals surface area (Å²) in [4.78, 5) is 15.6. The number of nitrogens with one attached hydrogen (secondary N) is 2. The Kier molecular flexibility index (Phi) is 12.2. The van der Waals surface area contributed by atoms with Crippen molar-refractivity contribution in [1.29, 1.82) is 0 Å². The molecule has 1 rings (SSSR count). The van der Waals surface area contributed by atoms with Crippen LogP contribution in [0.5, 0.6) is 0 Å². The summed E-state index contributed by atoms with van der Waals surface area (Å²) in [5, 5.41) is 5.85. The van der Waals surface area contributed by atoms with E-state index < -0.39 is 10.0 Å². The molecule has 1 amide bonds. The fourth-order valence-corrected chi connectivity index (χ4v) is 2.80. The smallest absolute Gasteiger partial charge is 0.244 e. The van der Waals surface area contributed by atoms with Gasteiger partial charge in [-0.05, 0) is 25.6 Å². The van der Waals surface area contributed by atoms with Gasteiger partial charge in [0.1, 0.15) is 4.90 Å². The normalized spacial score (nSPS) is 12.0. The van der Waals surface area contributed by atoms with E-state index in [2.05, 4.69) is 15.6 Å². The minimum absolute atomic E-state index is 0. The van der Waals surface area contributed by atoms with Crippen molar-refractivity contribution in [2.24, 2.45) is 0 Å². The van der Waals surface area contributed by atoms with Gasteiger partial charge in [-0.2, -0.15) is 4.31 Å². The van der Waals surface area contributed by atoms with E-state index in [1.807, 2.05) is 13.8 Å². The van der Waals surface area contributed by atoms with Crippen molar-refractivity contribution in [2.45, 2.75) is 24.8 Å². The highest BCUT2D eigenvalue weighted by Gasteiger charge is 2.22. The van der Waals surface area contributed by atoms with Gasteiger partial charge in [0, 0.05) is 32.0 Å². The number of pyridine rings is 1. The molecule has 0 bridgehead atoms. The van der Waals surface area contributed by atoms with Crippen LogP contribution in [0.2, 0.25) is 0 Å². The summed E-state index contributed by atoms with van der Waals surface area (Å²) in [5.74, 6) is -0.338. The number of sulfonamides is 1. The van der Waals surface area contributed by atoms with Gasteiger partial charge in [-0.25, -0.2) is 8.42 Å². The third-order valence-corrected chi connectivity index (χ3v) is 4.65. The average molecular weight is 387 g/mol. The van der Waals surface area contributed by atoms with Crippen LogP contribution in [0, 0.1) is 0 Å². The third kappa shape index (κ3) is 7.94. The maximum Gasteiger partial charge on any atom is 0.244 e. The van der Waals surface area contributed by atoms with Gasteiger partial charge in [0.05, 0.1) is 6.54 Å². The zero-order chi connectivity index (χ0) is 15.9. The minimum atomic E-state index is -3.69. The molecule has 0 saturated carbocycles. The van der Waals surface area contributed by atoms with E-state index in [0.29, 0.717) is 6.54 Å². The Morgan fingerprint density at radius 2 is 2.04 bits per heavy atom. The lowest BCUT2D eigenvalue weighted by Gasteiger charge is -2.18. The van der Waals surface area contributed by atoms with Crippen molar-refractivity contribution < 1.29 is 13.2 Å². The van der Waals surface area contributed by atoms with Gasteiger partial charge in [-0.3, -0.25) is 9.78 Å². The molecule has 1 atom stereocenters. The van der Waals surface area contributed by atoms with Crippen molar-refractivity contribution in [3.8, 4) is 0 Å². The monoisotopic (exact) mass is 386 g/mol. The molecule has 10 heteroatoms. The number of halogens is 2. The fraction of sp³-hybridized carbons (Fsp3) is 0.538. The lowest BCUT2D eigenvalue weighted by atomic mass is 10.3. The molecule has 0 aliphatic heterocycles. The van der Waals surface area contributed by atoms with Crippen molar-refractivity contribution >= 4 is 40.7 Å². The van der Waals surface area contributed by atoms with Crippen LogP contribution in [0.25, 0.3) is 0 Å². The molecule has 0 fully saturated rings. The van der Waals surface area contributed by atoms with Crippen LogP contribution in [-0.2, 0) is 14.8 Å². The summed E-state index contributed by atoms with van der Waals surface area (Å²) in [6.45, 7) is 4.96. The molecule has 1 aromatic rings. The predicted octanol–water partition coefficient (Wildman–Crippen LogP) is 0.660. The zero-order valence-corrected chi connectivity index (χ0v) is 15.8. The standard InChI is InChI=1S/C13H22N4O3S.2ClH/c1-4-15-11(2)8-16-13(18)10-17(3)21(19,20)12-6-5-7-14-9-12;;/h5-7,9,11,15H,4,8,10H2,1-3H3,(H,16,18);2*1H/t11-;;/m1../s1. The van der Waals surface area contributed by atoms with Crippen LogP contribution < -0.4 is 10.6 Å². The Morgan fingerprint density at radius 1 is 1.39 bits per heavy atom. The van der Waals surface area contributed by atoms with Crippen molar-refractivity contribution in [3.63, 3.8) is 0 Å². The molecule has 2 N–H and O–H groups in total. The molecule has 23 heavy (non-hydrogen) atoms. The predicted molar refractivity (Wildman–Crippen MR) is 94.7 cm³/mol. The van der Waals surface area contributed by atoms with Gasteiger partial charge < -0.3 is 10.6 Å². The number of carbonyl (C=O) groups excluding carboxylic acids is 1. The minimum Gasteiger partial charge on any atom is -0.353 e. The molecular formula is C13H24Cl2N4O3S. The SMILES string of the molecule is CCN[C@H](C)CNC(=O)CN(C)S(=O)(=O)c1cccnc1.Cl.Cl. The summed E-state index contributed by atoms with van der Waals surface area (Å²) >= 11 is 0. The molecule has 0 radical (unpaired) electrons. The largest absolute Gasteiger partial charge is 0.353 e. The molecule has 134 valence electrons. The molecule has 0 aliphatic rings. The first-order valence-corrected chi connectivity index (χ1v) is 8.18. The maximum absolute atomic E-state index is 12.2. The zero-order valence-electron chi connectivity index (χ0n) is 13.4.